The average molecular weight is 385 g/mol. The van der Waals surface area contributed by atoms with Crippen molar-refractivity contribution >= 4 is 28.3 Å². The lowest BCUT2D eigenvalue weighted by Crippen LogP contribution is -2.07. The molecular formula is C15H17FIN3. The van der Waals surface area contributed by atoms with E-state index in [1.165, 1.54) is 37.8 Å². The quantitative estimate of drug-likeness (QED) is 0.793. The first-order valence-electron chi connectivity index (χ1n) is 6.95. The average Bonchev–Trinajstić information content (AvgIpc) is 3.08. The number of nitrogens with one attached hydrogen (secondary N) is 1. The molecule has 2 aromatic rings. The monoisotopic (exact) mass is 385 g/mol. The lowest BCUT2D eigenvalue weighted by Gasteiger charge is -2.09. The molecule has 0 spiro atoms. The maximum atomic E-state index is 13.0. The topological polar surface area (TPSA) is 29.9 Å². The molecule has 0 amide bonds. The Hall–Kier alpha value is -1.11. The number of anilines is 1. The molecule has 1 aromatic carbocycles. The molecule has 3 nitrogen and oxygen atoms in total. The van der Waals surface area contributed by atoms with Crippen molar-refractivity contribution in [2.24, 2.45) is 0 Å². The van der Waals surface area contributed by atoms with Gasteiger partial charge in [0.1, 0.15) is 5.82 Å². The summed E-state index contributed by atoms with van der Waals surface area (Å²) in [6.07, 6.45) is 7.18. The molecule has 0 unspecified atom stereocenters. The second-order valence-corrected chi connectivity index (χ2v) is 6.37. The number of aromatic nitrogens is 2. The summed E-state index contributed by atoms with van der Waals surface area (Å²) in [5.74, 6) is -0.203. The number of rotatable bonds is 4. The Kier molecular flexibility index (Phi) is 4.24. The maximum absolute atomic E-state index is 13.0. The molecule has 1 heterocycles. The van der Waals surface area contributed by atoms with Crippen molar-refractivity contribution in [3.8, 4) is 0 Å². The first-order valence-corrected chi connectivity index (χ1v) is 8.03. The van der Waals surface area contributed by atoms with Crippen molar-refractivity contribution in [2.45, 2.75) is 38.3 Å². The summed E-state index contributed by atoms with van der Waals surface area (Å²) in [7, 11) is 0. The van der Waals surface area contributed by atoms with E-state index in [2.05, 4.69) is 50.0 Å². The molecule has 0 radical (unpaired) electrons. The normalized spacial score (nSPS) is 15.7. The highest BCUT2D eigenvalue weighted by Crippen LogP contribution is 2.28. The molecule has 20 heavy (non-hydrogen) atoms. The van der Waals surface area contributed by atoms with Gasteiger partial charge in [-0.2, -0.15) is 5.10 Å². The summed E-state index contributed by atoms with van der Waals surface area (Å²) >= 11 is 2.14. The highest BCUT2D eigenvalue weighted by atomic mass is 127. The molecule has 1 aromatic heterocycles. The lowest BCUT2D eigenvalue weighted by atomic mass is 10.3. The molecule has 1 aliphatic carbocycles. The SMILES string of the molecule is Fc1ccc(NCc2ccn(C3CCCC3)n2)c(I)c1. The molecule has 0 bridgehead atoms. The largest absolute Gasteiger partial charge is 0.378 e. The minimum atomic E-state index is -0.203. The van der Waals surface area contributed by atoms with Crippen molar-refractivity contribution < 1.29 is 4.39 Å². The van der Waals surface area contributed by atoms with Crippen LogP contribution in [0.1, 0.15) is 37.4 Å². The van der Waals surface area contributed by atoms with Gasteiger partial charge in [-0.05, 0) is 59.7 Å². The molecule has 3 rings (SSSR count). The van der Waals surface area contributed by atoms with E-state index >= 15 is 0 Å². The predicted molar refractivity (Wildman–Crippen MR) is 86.2 cm³/mol. The Balaban J connectivity index is 1.63. The lowest BCUT2D eigenvalue weighted by molar-refractivity contribution is 0.463. The van der Waals surface area contributed by atoms with Gasteiger partial charge in [-0.3, -0.25) is 4.68 Å². The predicted octanol–water partition coefficient (Wildman–Crippen LogP) is 4.35. The van der Waals surface area contributed by atoms with E-state index in [1.54, 1.807) is 6.07 Å². The second-order valence-electron chi connectivity index (χ2n) is 5.20. The number of benzene rings is 1. The standard InChI is InChI=1S/C15H17FIN3/c16-11-5-6-15(14(17)9-11)18-10-12-7-8-20(19-12)13-3-1-2-4-13/h5-9,13,18H,1-4,10H2. The summed E-state index contributed by atoms with van der Waals surface area (Å²) in [5, 5.41) is 7.94. The number of hydrogen-bond donors (Lipinski definition) is 1. The molecule has 0 aliphatic heterocycles. The molecule has 0 saturated heterocycles. The van der Waals surface area contributed by atoms with Gasteiger partial charge in [-0.25, -0.2) is 4.39 Å². The Morgan fingerprint density at radius 2 is 2.10 bits per heavy atom. The first-order chi connectivity index (χ1) is 9.72. The number of nitrogens with zero attached hydrogens (tertiary/aromatic N) is 2. The van der Waals surface area contributed by atoms with Crippen molar-refractivity contribution in [3.05, 3.63) is 45.5 Å². The third-order valence-corrected chi connectivity index (χ3v) is 4.65. The van der Waals surface area contributed by atoms with E-state index in [9.17, 15) is 4.39 Å². The fourth-order valence-corrected chi connectivity index (χ4v) is 3.33. The van der Waals surface area contributed by atoms with Crippen LogP contribution >= 0.6 is 22.6 Å². The molecule has 1 saturated carbocycles. The van der Waals surface area contributed by atoms with Gasteiger partial charge in [-0.1, -0.05) is 12.8 Å². The van der Waals surface area contributed by atoms with Crippen molar-refractivity contribution in [1.82, 2.24) is 9.78 Å². The van der Waals surface area contributed by atoms with E-state index in [1.807, 2.05) is 0 Å². The van der Waals surface area contributed by atoms with Crippen molar-refractivity contribution in [1.29, 1.82) is 0 Å². The van der Waals surface area contributed by atoms with Gasteiger partial charge in [0.05, 0.1) is 18.3 Å². The summed E-state index contributed by atoms with van der Waals surface area (Å²) in [6, 6.07) is 7.41. The molecule has 1 N–H and O–H groups in total. The van der Waals surface area contributed by atoms with Crippen LogP contribution in [0.15, 0.2) is 30.5 Å². The van der Waals surface area contributed by atoms with Crippen LogP contribution in [0.2, 0.25) is 0 Å². The zero-order valence-corrected chi connectivity index (χ0v) is 13.3. The molecule has 1 fully saturated rings. The van der Waals surface area contributed by atoms with Gasteiger partial charge >= 0.3 is 0 Å². The molecular weight excluding hydrogens is 368 g/mol. The molecule has 0 atom stereocenters. The van der Waals surface area contributed by atoms with Gasteiger partial charge in [0.15, 0.2) is 0 Å². The number of hydrogen-bond acceptors (Lipinski definition) is 2. The zero-order chi connectivity index (χ0) is 13.9. The maximum Gasteiger partial charge on any atom is 0.124 e. The Labute approximate surface area is 131 Å². The second kappa shape index (κ2) is 6.11. The van der Waals surface area contributed by atoms with Gasteiger partial charge < -0.3 is 5.32 Å². The first kappa shape index (κ1) is 13.9. The van der Waals surface area contributed by atoms with Crippen LogP contribution < -0.4 is 5.32 Å². The van der Waals surface area contributed by atoms with E-state index in [4.69, 9.17) is 0 Å². The third-order valence-electron chi connectivity index (χ3n) is 3.75. The van der Waals surface area contributed by atoms with Crippen LogP contribution in [0, 0.1) is 9.39 Å². The van der Waals surface area contributed by atoms with Gasteiger partial charge in [0, 0.05) is 15.5 Å². The van der Waals surface area contributed by atoms with Gasteiger partial charge in [-0.15, -0.1) is 0 Å². The Bertz CT molecular complexity index is 591. The number of halogens is 2. The van der Waals surface area contributed by atoms with Crippen LogP contribution in [-0.2, 0) is 6.54 Å². The minimum absolute atomic E-state index is 0.203. The Morgan fingerprint density at radius 3 is 2.85 bits per heavy atom. The third kappa shape index (κ3) is 3.13. The highest BCUT2D eigenvalue weighted by molar-refractivity contribution is 14.1. The fraction of sp³-hybridized carbons (Fsp3) is 0.400. The van der Waals surface area contributed by atoms with Crippen LogP contribution in [0.5, 0.6) is 0 Å². The van der Waals surface area contributed by atoms with E-state index in [0.29, 0.717) is 12.6 Å². The summed E-state index contributed by atoms with van der Waals surface area (Å²) < 4.78 is 16.0. The van der Waals surface area contributed by atoms with Crippen LogP contribution in [0.4, 0.5) is 10.1 Å². The van der Waals surface area contributed by atoms with Crippen LogP contribution in [-0.4, -0.2) is 9.78 Å². The van der Waals surface area contributed by atoms with E-state index in [0.717, 1.165) is 15.0 Å². The van der Waals surface area contributed by atoms with Crippen molar-refractivity contribution in [3.63, 3.8) is 0 Å². The highest BCUT2D eigenvalue weighted by Gasteiger charge is 2.17. The smallest absolute Gasteiger partial charge is 0.124 e. The molecule has 1 aliphatic rings. The van der Waals surface area contributed by atoms with Crippen LogP contribution in [0.25, 0.3) is 0 Å². The fourth-order valence-electron chi connectivity index (χ4n) is 2.66. The summed E-state index contributed by atoms with van der Waals surface area (Å²) in [4.78, 5) is 0. The van der Waals surface area contributed by atoms with Crippen molar-refractivity contribution in [2.75, 3.05) is 5.32 Å². The van der Waals surface area contributed by atoms with E-state index in [-0.39, 0.29) is 5.82 Å². The van der Waals surface area contributed by atoms with Gasteiger partial charge in [0.2, 0.25) is 0 Å². The van der Waals surface area contributed by atoms with Crippen LogP contribution in [0.3, 0.4) is 0 Å². The van der Waals surface area contributed by atoms with E-state index < -0.39 is 0 Å². The zero-order valence-electron chi connectivity index (χ0n) is 11.1. The molecule has 5 heteroatoms. The summed E-state index contributed by atoms with van der Waals surface area (Å²) in [6.45, 7) is 0.668. The van der Waals surface area contributed by atoms with Gasteiger partial charge in [0.25, 0.3) is 0 Å². The minimum Gasteiger partial charge on any atom is -0.378 e. The Morgan fingerprint density at radius 1 is 1.30 bits per heavy atom. The summed E-state index contributed by atoms with van der Waals surface area (Å²) in [5.41, 5.74) is 1.97. The molecule has 106 valence electrons.